The fourth-order valence-corrected chi connectivity index (χ4v) is 10.5. The largest absolute Gasteiger partial charge is 2.00 e. The van der Waals surface area contributed by atoms with Gasteiger partial charge in [0, 0.05) is 23.4 Å². The summed E-state index contributed by atoms with van der Waals surface area (Å²) in [4.78, 5) is 12.9. The van der Waals surface area contributed by atoms with Crippen molar-refractivity contribution in [3.05, 3.63) is 232 Å². The Morgan fingerprint density at radius 2 is 1.14 bits per heavy atom. The van der Waals surface area contributed by atoms with E-state index in [1.54, 1.807) is 0 Å². The predicted molar refractivity (Wildman–Crippen MR) is 291 cm³/mol. The number of pyridine rings is 2. The van der Waals surface area contributed by atoms with Crippen molar-refractivity contribution in [3.63, 3.8) is 0 Å². The Morgan fingerprint density at radius 1 is 0.535 bits per heavy atom. The Bertz CT molecular complexity index is 3350. The molecule has 5 heteroatoms. The van der Waals surface area contributed by atoms with Crippen molar-refractivity contribution in [2.75, 3.05) is 4.90 Å². The second-order valence-electron chi connectivity index (χ2n) is 22.4. The van der Waals surface area contributed by atoms with Crippen LogP contribution in [0.2, 0.25) is 0 Å². The topological polar surface area (TPSA) is 38.2 Å². The summed E-state index contributed by atoms with van der Waals surface area (Å²) in [6.45, 7) is 27.1. The zero-order chi connectivity index (χ0) is 49.3. The number of anilines is 3. The Morgan fingerprint density at radius 3 is 1.75 bits per heavy atom. The van der Waals surface area contributed by atoms with E-state index >= 15 is 0 Å². The van der Waals surface area contributed by atoms with Gasteiger partial charge in [0.1, 0.15) is 0 Å². The molecule has 0 amide bonds. The molecule has 0 aliphatic carbocycles. The van der Waals surface area contributed by atoms with E-state index in [2.05, 4.69) is 234 Å². The second-order valence-corrected chi connectivity index (χ2v) is 22.4. The Kier molecular flexibility index (Phi) is 12.9. The summed E-state index contributed by atoms with van der Waals surface area (Å²) in [5.74, 6) is 1.17. The Hall–Kier alpha value is -6.61. The molecule has 0 atom stereocenters. The van der Waals surface area contributed by atoms with Crippen molar-refractivity contribution in [1.29, 1.82) is 0 Å². The van der Waals surface area contributed by atoms with Crippen molar-refractivity contribution in [1.82, 2.24) is 9.97 Å². The molecule has 7 aromatic carbocycles. The summed E-state index contributed by atoms with van der Waals surface area (Å²) in [6.07, 6.45) is 1.92. The third kappa shape index (κ3) is 9.17. The molecular weight excluding hydrogens is 1050 g/mol. The van der Waals surface area contributed by atoms with Crippen molar-refractivity contribution in [2.45, 2.75) is 105 Å². The normalized spacial score (nSPS) is 13.3. The molecule has 0 spiro atoms. The first kappa shape index (κ1) is 49.4. The molecule has 0 fully saturated rings. The quantitative estimate of drug-likeness (QED) is 0.149. The van der Waals surface area contributed by atoms with E-state index < -0.39 is 5.41 Å². The third-order valence-electron chi connectivity index (χ3n) is 14.1. The van der Waals surface area contributed by atoms with Crippen LogP contribution in [0.4, 0.5) is 17.1 Å². The summed E-state index contributed by atoms with van der Waals surface area (Å²) in [5, 5.41) is 1.09. The second kappa shape index (κ2) is 18.5. The van der Waals surface area contributed by atoms with E-state index in [-0.39, 0.29) is 37.3 Å². The summed E-state index contributed by atoms with van der Waals surface area (Å²) in [7, 11) is 0. The summed E-state index contributed by atoms with van der Waals surface area (Å²) in [6, 6.07) is 64.7. The van der Waals surface area contributed by atoms with Crippen LogP contribution >= 0.6 is 0 Å². The molecule has 1 aliphatic rings. The van der Waals surface area contributed by atoms with Gasteiger partial charge in [0.25, 0.3) is 0 Å². The molecule has 4 nitrogen and oxygen atoms in total. The van der Waals surface area contributed by atoms with E-state index in [9.17, 15) is 0 Å². The summed E-state index contributed by atoms with van der Waals surface area (Å²) < 4.78 is 7.10. The molecule has 0 unspecified atom stereocenters. The molecule has 71 heavy (non-hydrogen) atoms. The van der Waals surface area contributed by atoms with Gasteiger partial charge in [-0.1, -0.05) is 171 Å². The van der Waals surface area contributed by atoms with Crippen molar-refractivity contribution in [2.24, 2.45) is 0 Å². The van der Waals surface area contributed by atoms with E-state index in [0.29, 0.717) is 11.5 Å². The van der Waals surface area contributed by atoms with Gasteiger partial charge >= 0.3 is 21.1 Å². The fourth-order valence-electron chi connectivity index (χ4n) is 10.5. The minimum absolute atomic E-state index is 0. The zero-order valence-electron chi connectivity index (χ0n) is 43.2. The van der Waals surface area contributed by atoms with Gasteiger partial charge in [-0.15, -0.1) is 29.3 Å². The number of fused-ring (bicyclic) bond motifs is 3. The van der Waals surface area contributed by atoms with Crippen LogP contribution in [0.25, 0.3) is 33.3 Å². The first-order chi connectivity index (χ1) is 33.3. The van der Waals surface area contributed by atoms with Crippen molar-refractivity contribution in [3.8, 4) is 33.9 Å². The first-order valence-corrected chi connectivity index (χ1v) is 24.6. The summed E-state index contributed by atoms with van der Waals surface area (Å²) in [5.41, 5.74) is 18.5. The van der Waals surface area contributed by atoms with Crippen LogP contribution < -0.4 is 9.64 Å². The van der Waals surface area contributed by atoms with Gasteiger partial charge in [-0.2, -0.15) is 12.1 Å². The number of rotatable bonds is 7. The number of para-hydroxylation sites is 1. The first-order valence-electron chi connectivity index (χ1n) is 24.6. The van der Waals surface area contributed by atoms with Gasteiger partial charge in [0.05, 0.1) is 28.0 Å². The number of nitrogens with zero attached hydrogens (tertiary/aromatic N) is 3. The van der Waals surface area contributed by atoms with Crippen molar-refractivity contribution >= 4 is 28.0 Å². The molecule has 10 rings (SSSR count). The van der Waals surface area contributed by atoms with Gasteiger partial charge in [0.2, 0.25) is 0 Å². The zero-order valence-corrected chi connectivity index (χ0v) is 45.4. The number of ether oxygens (including phenoxy) is 1. The third-order valence-corrected chi connectivity index (χ3v) is 14.1. The molecule has 2 aromatic heterocycles. The molecular formula is C66H63N3OPt. The molecule has 9 aromatic rings. The predicted octanol–water partition coefficient (Wildman–Crippen LogP) is 17.3. The van der Waals surface area contributed by atoms with Crippen LogP contribution in [0.5, 0.6) is 11.5 Å². The van der Waals surface area contributed by atoms with Crippen LogP contribution in [0.1, 0.15) is 118 Å². The average molecular weight is 1110 g/mol. The molecule has 0 radical (unpaired) electrons. The number of hydrogen-bond acceptors (Lipinski definition) is 4. The minimum atomic E-state index is -0.919. The minimum Gasteiger partial charge on any atom is -0.503 e. The maximum atomic E-state index is 7.10. The van der Waals surface area contributed by atoms with Crippen LogP contribution in [0.15, 0.2) is 164 Å². The fraction of sp³-hybridized carbons (Fsp3) is 0.242. The van der Waals surface area contributed by atoms with E-state index in [1.807, 2.05) is 30.5 Å². The van der Waals surface area contributed by atoms with E-state index in [4.69, 9.17) is 14.7 Å². The molecule has 358 valence electrons. The van der Waals surface area contributed by atoms with Gasteiger partial charge in [-0.3, -0.25) is 9.97 Å². The smallest absolute Gasteiger partial charge is 0.503 e. The molecule has 3 heterocycles. The average Bonchev–Trinajstić information content (AvgIpc) is 3.32. The maximum absolute atomic E-state index is 7.10. The molecule has 1 aliphatic heterocycles. The Balaban J connectivity index is 0.00000624. The molecule has 0 bridgehead atoms. The molecule has 0 saturated heterocycles. The molecule has 0 N–H and O–H groups in total. The van der Waals surface area contributed by atoms with Gasteiger partial charge in [-0.05, 0) is 135 Å². The van der Waals surface area contributed by atoms with Crippen LogP contribution in [0.3, 0.4) is 0 Å². The van der Waals surface area contributed by atoms with E-state index in [0.717, 1.165) is 67.2 Å². The maximum Gasteiger partial charge on any atom is 2.00 e. The number of aromatic nitrogens is 2. The van der Waals surface area contributed by atoms with Crippen LogP contribution in [-0.2, 0) is 42.7 Å². The number of aryl methyl sites for hydroxylation is 3. The molecule has 0 saturated carbocycles. The number of benzene rings is 7. The van der Waals surface area contributed by atoms with E-state index in [1.165, 1.54) is 38.9 Å². The van der Waals surface area contributed by atoms with Crippen LogP contribution in [0, 0.1) is 32.9 Å². The Labute approximate surface area is 436 Å². The number of hydrogen-bond donors (Lipinski definition) is 0. The van der Waals surface area contributed by atoms with Crippen molar-refractivity contribution < 1.29 is 25.8 Å². The van der Waals surface area contributed by atoms with Gasteiger partial charge in [-0.25, -0.2) is 0 Å². The summed E-state index contributed by atoms with van der Waals surface area (Å²) >= 11 is 0. The SMILES string of the molecule is Cc1cc(C)c(-c2cc(Oc3[c-]c(C4(c5ccccn5)c5cc(C(C)(C)C)ccc5N(c5ccc(C(C)(C)C)cc5)c5ccc(C(C)(C)C)cc54)ccc3)[c-]c(-c3ccc4ccccc4n3)c2)c(C)c1.[Pt+2]. The van der Waals surface area contributed by atoms with Crippen LogP contribution in [-0.4, -0.2) is 9.97 Å². The van der Waals surface area contributed by atoms with Gasteiger partial charge in [0.15, 0.2) is 0 Å². The standard InChI is InChI=1S/C66H63N3O.Pt/c1-42-34-43(2)62(44(3)35-42)47-36-46(58-30-23-45-18-13-14-21-57(45)68-58)37-54(38-47)70-53-20-17-19-51(39-53)66(61-22-15-16-33-67-61)55-40-49(64(7,8)9)26-31-59(55)69(52-28-24-48(25-29-52)63(4,5)6)60-32-27-50(41-56(60)66)65(10,11)12;/h13-36,38,40-41H,1-12H3;/q-2;+2. The van der Waals surface area contributed by atoms with Gasteiger partial charge < -0.3 is 9.64 Å². The monoisotopic (exact) mass is 1110 g/mol.